The van der Waals surface area contributed by atoms with Crippen LogP contribution in [0.2, 0.25) is 0 Å². The summed E-state index contributed by atoms with van der Waals surface area (Å²) in [6.07, 6.45) is 2.83. The molecule has 1 aromatic rings. The fourth-order valence-corrected chi connectivity index (χ4v) is 2.78. The third kappa shape index (κ3) is 3.10. The van der Waals surface area contributed by atoms with E-state index < -0.39 is 5.97 Å². The molecule has 108 valence electrons. The highest BCUT2D eigenvalue weighted by molar-refractivity contribution is 5.99. The van der Waals surface area contributed by atoms with Crippen LogP contribution in [0.25, 0.3) is 0 Å². The molecule has 2 N–H and O–H groups in total. The zero-order valence-electron chi connectivity index (χ0n) is 11.5. The lowest BCUT2D eigenvalue weighted by molar-refractivity contribution is -0.137. The third-order valence-electron chi connectivity index (χ3n) is 3.90. The molecule has 1 aromatic carbocycles. The maximum Gasteiger partial charge on any atom is 0.323 e. The molecule has 1 saturated carbocycles. The second-order valence-corrected chi connectivity index (χ2v) is 5.35. The largest absolute Gasteiger partial charge is 0.508 e. The number of carboxylic acid groups (broad SMARTS) is 1. The summed E-state index contributed by atoms with van der Waals surface area (Å²) in [4.78, 5) is 24.9. The first-order chi connectivity index (χ1) is 9.49. The quantitative estimate of drug-likeness (QED) is 0.884. The maximum atomic E-state index is 12.6. The molecule has 0 saturated heterocycles. The number of aromatic hydroxyl groups is 1. The fourth-order valence-electron chi connectivity index (χ4n) is 2.78. The summed E-state index contributed by atoms with van der Waals surface area (Å²) in [5.74, 6) is -0.912. The molecule has 0 spiro atoms. The van der Waals surface area contributed by atoms with Crippen LogP contribution in [0.1, 0.15) is 26.2 Å². The summed E-state index contributed by atoms with van der Waals surface area (Å²) in [5.41, 5.74) is 0.509. The van der Waals surface area contributed by atoms with Crippen LogP contribution < -0.4 is 4.90 Å². The van der Waals surface area contributed by atoms with Crippen LogP contribution in [-0.2, 0) is 9.59 Å². The lowest BCUT2D eigenvalue weighted by Crippen LogP contribution is -2.40. The minimum absolute atomic E-state index is 0.0886. The average molecular weight is 277 g/mol. The highest BCUT2D eigenvalue weighted by Gasteiger charge is 2.34. The normalized spacial score (nSPS) is 21.6. The molecule has 1 aliphatic rings. The van der Waals surface area contributed by atoms with Gasteiger partial charge in [-0.3, -0.25) is 9.59 Å². The second-order valence-electron chi connectivity index (χ2n) is 5.35. The van der Waals surface area contributed by atoms with Gasteiger partial charge in [0.25, 0.3) is 0 Å². The molecule has 0 bridgehead atoms. The molecule has 1 amide bonds. The lowest BCUT2D eigenvalue weighted by Gasteiger charge is -2.26. The van der Waals surface area contributed by atoms with Crippen molar-refractivity contribution in [2.24, 2.45) is 11.8 Å². The van der Waals surface area contributed by atoms with E-state index in [1.165, 1.54) is 17.0 Å². The van der Waals surface area contributed by atoms with Gasteiger partial charge in [-0.05, 0) is 43.0 Å². The van der Waals surface area contributed by atoms with Crippen molar-refractivity contribution in [1.82, 2.24) is 0 Å². The fraction of sp³-hybridized carbons (Fsp3) is 0.467. The van der Waals surface area contributed by atoms with E-state index in [9.17, 15) is 14.7 Å². The molecule has 5 nitrogen and oxygen atoms in total. The van der Waals surface area contributed by atoms with Gasteiger partial charge in [0.15, 0.2) is 0 Å². The minimum Gasteiger partial charge on any atom is -0.508 e. The summed E-state index contributed by atoms with van der Waals surface area (Å²) in [6.45, 7) is 1.68. The molecule has 2 unspecified atom stereocenters. The number of amides is 1. The number of carbonyl (C=O) groups excluding carboxylic acids is 1. The van der Waals surface area contributed by atoms with E-state index in [4.69, 9.17) is 5.11 Å². The number of rotatable bonds is 4. The van der Waals surface area contributed by atoms with Gasteiger partial charge in [0.1, 0.15) is 12.3 Å². The van der Waals surface area contributed by atoms with Crippen molar-refractivity contribution < 1.29 is 19.8 Å². The van der Waals surface area contributed by atoms with Gasteiger partial charge in [-0.15, -0.1) is 0 Å². The van der Waals surface area contributed by atoms with E-state index in [2.05, 4.69) is 0 Å². The van der Waals surface area contributed by atoms with Crippen LogP contribution in [0, 0.1) is 11.8 Å². The lowest BCUT2D eigenvalue weighted by atomic mass is 9.96. The number of carboxylic acids is 1. The first-order valence-electron chi connectivity index (χ1n) is 6.81. The number of hydrogen-bond acceptors (Lipinski definition) is 3. The number of nitrogens with zero attached hydrogens (tertiary/aromatic N) is 1. The van der Waals surface area contributed by atoms with E-state index >= 15 is 0 Å². The number of phenolic OH excluding ortho intramolecular Hbond substituents is 1. The van der Waals surface area contributed by atoms with Crippen molar-refractivity contribution in [2.45, 2.75) is 26.2 Å². The van der Waals surface area contributed by atoms with Gasteiger partial charge in [0, 0.05) is 11.6 Å². The topological polar surface area (TPSA) is 77.8 Å². The highest BCUT2D eigenvalue weighted by atomic mass is 16.4. The molecule has 20 heavy (non-hydrogen) atoms. The number of benzene rings is 1. The van der Waals surface area contributed by atoms with E-state index in [0.717, 1.165) is 19.3 Å². The minimum atomic E-state index is -1.04. The Balaban J connectivity index is 2.24. The van der Waals surface area contributed by atoms with E-state index in [-0.39, 0.29) is 30.0 Å². The summed E-state index contributed by atoms with van der Waals surface area (Å²) in [5, 5.41) is 18.3. The Labute approximate surface area is 117 Å². The number of phenols is 1. The SMILES string of the molecule is CC1CCCC1C(=O)N(CC(=O)O)c1ccc(O)cc1. The van der Waals surface area contributed by atoms with Gasteiger partial charge in [0.2, 0.25) is 5.91 Å². The van der Waals surface area contributed by atoms with Crippen molar-refractivity contribution in [3.05, 3.63) is 24.3 Å². The summed E-state index contributed by atoms with van der Waals surface area (Å²) < 4.78 is 0. The van der Waals surface area contributed by atoms with Crippen LogP contribution in [0.4, 0.5) is 5.69 Å². The van der Waals surface area contributed by atoms with Crippen molar-refractivity contribution in [3.8, 4) is 5.75 Å². The van der Waals surface area contributed by atoms with Crippen LogP contribution in [0.15, 0.2) is 24.3 Å². The molecule has 2 rings (SSSR count). The van der Waals surface area contributed by atoms with Crippen LogP contribution in [0.5, 0.6) is 5.75 Å². The number of anilines is 1. The first-order valence-corrected chi connectivity index (χ1v) is 6.81. The Morgan fingerprint density at radius 3 is 2.40 bits per heavy atom. The predicted molar refractivity (Wildman–Crippen MR) is 74.6 cm³/mol. The summed E-state index contributed by atoms with van der Waals surface area (Å²) in [6, 6.07) is 6.04. The Hall–Kier alpha value is -2.04. The Morgan fingerprint density at radius 2 is 1.90 bits per heavy atom. The van der Waals surface area contributed by atoms with Crippen LogP contribution >= 0.6 is 0 Å². The zero-order valence-corrected chi connectivity index (χ0v) is 11.5. The van der Waals surface area contributed by atoms with Crippen LogP contribution in [0.3, 0.4) is 0 Å². The Bertz CT molecular complexity index is 497. The van der Waals surface area contributed by atoms with Gasteiger partial charge in [0.05, 0.1) is 0 Å². The molecule has 0 heterocycles. The highest BCUT2D eigenvalue weighted by Crippen LogP contribution is 2.34. The Morgan fingerprint density at radius 1 is 1.25 bits per heavy atom. The summed E-state index contributed by atoms with van der Waals surface area (Å²) in [7, 11) is 0. The number of aliphatic carboxylic acids is 1. The average Bonchev–Trinajstić information content (AvgIpc) is 2.82. The van der Waals surface area contributed by atoms with Crippen molar-refractivity contribution >= 4 is 17.6 Å². The van der Waals surface area contributed by atoms with E-state index in [1.807, 2.05) is 6.92 Å². The molecular weight excluding hydrogens is 258 g/mol. The molecule has 0 aromatic heterocycles. The Kier molecular flexibility index (Phi) is 4.27. The van der Waals surface area contributed by atoms with Gasteiger partial charge in [-0.1, -0.05) is 13.3 Å². The maximum absolute atomic E-state index is 12.6. The predicted octanol–water partition coefficient (Wildman–Crippen LogP) is 2.25. The van der Waals surface area contributed by atoms with Crippen LogP contribution in [-0.4, -0.2) is 28.6 Å². The van der Waals surface area contributed by atoms with Gasteiger partial charge < -0.3 is 15.1 Å². The smallest absolute Gasteiger partial charge is 0.323 e. The first kappa shape index (κ1) is 14.4. The molecule has 0 aliphatic heterocycles. The summed E-state index contributed by atoms with van der Waals surface area (Å²) >= 11 is 0. The van der Waals surface area contributed by atoms with Gasteiger partial charge in [-0.25, -0.2) is 0 Å². The van der Waals surface area contributed by atoms with Crippen molar-refractivity contribution in [1.29, 1.82) is 0 Å². The zero-order chi connectivity index (χ0) is 14.7. The molecule has 1 fully saturated rings. The molecule has 5 heteroatoms. The van der Waals surface area contributed by atoms with E-state index in [1.54, 1.807) is 12.1 Å². The second kappa shape index (κ2) is 5.94. The van der Waals surface area contributed by atoms with Gasteiger partial charge >= 0.3 is 5.97 Å². The molecule has 0 radical (unpaired) electrons. The van der Waals surface area contributed by atoms with Crippen molar-refractivity contribution in [3.63, 3.8) is 0 Å². The molecular formula is C15H19NO4. The van der Waals surface area contributed by atoms with Crippen molar-refractivity contribution in [2.75, 3.05) is 11.4 Å². The monoisotopic (exact) mass is 277 g/mol. The van der Waals surface area contributed by atoms with E-state index in [0.29, 0.717) is 5.69 Å². The standard InChI is InChI=1S/C15H19NO4/c1-10-3-2-4-13(10)15(20)16(9-14(18)19)11-5-7-12(17)8-6-11/h5-8,10,13,17H,2-4,9H2,1H3,(H,18,19). The number of hydrogen-bond donors (Lipinski definition) is 2. The third-order valence-corrected chi connectivity index (χ3v) is 3.90. The van der Waals surface area contributed by atoms with Gasteiger partial charge in [-0.2, -0.15) is 0 Å². The molecule has 1 aliphatic carbocycles. The molecule has 2 atom stereocenters. The number of carbonyl (C=O) groups is 2.